The Balaban J connectivity index is 1.85. The molecule has 3 heterocycles. The number of carbonyl (C=O) groups is 1. The lowest BCUT2D eigenvalue weighted by Crippen LogP contribution is -2.51. The van der Waals surface area contributed by atoms with Crippen LogP contribution in [0.1, 0.15) is 27.2 Å². The van der Waals surface area contributed by atoms with Gasteiger partial charge in [-0.1, -0.05) is 32.4 Å². The van der Waals surface area contributed by atoms with E-state index in [0.29, 0.717) is 53.6 Å². The Morgan fingerprint density at radius 1 is 1.31 bits per heavy atom. The number of hydrogen-bond donors (Lipinski definition) is 2. The van der Waals surface area contributed by atoms with Gasteiger partial charge in [0.1, 0.15) is 11.1 Å². The Morgan fingerprint density at radius 2 is 2.07 bits per heavy atom. The van der Waals surface area contributed by atoms with E-state index in [-0.39, 0.29) is 17.4 Å². The van der Waals surface area contributed by atoms with Crippen molar-refractivity contribution in [2.45, 2.75) is 33.2 Å². The number of halogens is 1. The van der Waals surface area contributed by atoms with Crippen LogP contribution in [0.2, 0.25) is 5.02 Å². The van der Waals surface area contributed by atoms with Crippen LogP contribution in [-0.2, 0) is 0 Å². The van der Waals surface area contributed by atoms with Crippen LogP contribution in [0.3, 0.4) is 0 Å². The lowest BCUT2D eigenvalue weighted by atomic mass is 9.85. The highest BCUT2D eigenvalue weighted by Crippen LogP contribution is 2.36. The van der Waals surface area contributed by atoms with Gasteiger partial charge in [-0.15, -0.1) is 0 Å². The quantitative estimate of drug-likeness (QED) is 0.610. The van der Waals surface area contributed by atoms with Gasteiger partial charge in [-0.25, -0.2) is 9.78 Å². The van der Waals surface area contributed by atoms with Gasteiger partial charge in [-0.3, -0.25) is 0 Å². The molecule has 0 radical (unpaired) electrons. The molecule has 4 rings (SSSR count). The maximum absolute atomic E-state index is 11.9. The maximum Gasteiger partial charge on any atom is 0.407 e. The summed E-state index contributed by atoms with van der Waals surface area (Å²) < 4.78 is 6.07. The summed E-state index contributed by atoms with van der Waals surface area (Å²) in [6.45, 7) is 7.73. The lowest BCUT2D eigenvalue weighted by molar-refractivity contribution is 0.0902. The van der Waals surface area contributed by atoms with E-state index in [1.165, 1.54) is 4.90 Å². The Hall–Kier alpha value is -2.74. The van der Waals surface area contributed by atoms with Crippen molar-refractivity contribution in [3.05, 3.63) is 23.2 Å². The third-order valence-corrected chi connectivity index (χ3v) is 5.65. The minimum absolute atomic E-state index is 0.141. The fourth-order valence-corrected chi connectivity index (χ4v) is 4.15. The standard InChI is InChI=1S/C20H24ClN5O3/c1-20(2,3)14-10-25(7-4-8-26(14)19(27)28)17-16-15(23-18(22)24-17)12-9-11(21)5-6-13(12)29-16/h5-6,9,14H,4,7-8,10H2,1-3H3,(H,27,28)(H2,22,23,24). The SMILES string of the molecule is CC(C)(C)C1CN(c2nc(N)nc3c2oc2ccc(Cl)cc23)CCCN1C(=O)O. The third-order valence-electron chi connectivity index (χ3n) is 5.42. The zero-order valence-corrected chi connectivity index (χ0v) is 17.4. The van der Waals surface area contributed by atoms with E-state index in [2.05, 4.69) is 14.9 Å². The first kappa shape index (κ1) is 19.6. The third kappa shape index (κ3) is 3.53. The molecule has 154 valence electrons. The van der Waals surface area contributed by atoms with E-state index in [4.69, 9.17) is 21.8 Å². The molecule has 1 aliphatic heterocycles. The van der Waals surface area contributed by atoms with E-state index < -0.39 is 6.09 Å². The molecule has 1 atom stereocenters. The Morgan fingerprint density at radius 3 is 2.76 bits per heavy atom. The molecule has 29 heavy (non-hydrogen) atoms. The second-order valence-electron chi connectivity index (χ2n) is 8.48. The van der Waals surface area contributed by atoms with E-state index in [1.54, 1.807) is 18.2 Å². The summed E-state index contributed by atoms with van der Waals surface area (Å²) in [5, 5.41) is 11.1. The largest absolute Gasteiger partial charge is 0.465 e. The van der Waals surface area contributed by atoms with Crippen molar-refractivity contribution in [3.63, 3.8) is 0 Å². The van der Waals surface area contributed by atoms with Crippen LogP contribution < -0.4 is 10.6 Å². The number of hydrogen-bond acceptors (Lipinski definition) is 6. The fraction of sp³-hybridized carbons (Fsp3) is 0.450. The fourth-order valence-electron chi connectivity index (χ4n) is 3.98. The summed E-state index contributed by atoms with van der Waals surface area (Å²) in [6.07, 6.45) is -0.228. The Labute approximate surface area is 173 Å². The molecule has 1 saturated heterocycles. The van der Waals surface area contributed by atoms with Crippen LogP contribution in [0.4, 0.5) is 16.6 Å². The van der Waals surface area contributed by atoms with E-state index in [9.17, 15) is 9.90 Å². The minimum atomic E-state index is -0.905. The van der Waals surface area contributed by atoms with Gasteiger partial charge in [0.25, 0.3) is 0 Å². The van der Waals surface area contributed by atoms with Gasteiger partial charge >= 0.3 is 6.09 Å². The number of carboxylic acid groups (broad SMARTS) is 1. The molecule has 3 N–H and O–H groups in total. The number of aromatic nitrogens is 2. The molecule has 0 aliphatic carbocycles. The van der Waals surface area contributed by atoms with Crippen molar-refractivity contribution in [1.82, 2.24) is 14.9 Å². The number of benzene rings is 1. The monoisotopic (exact) mass is 417 g/mol. The smallest absolute Gasteiger partial charge is 0.407 e. The van der Waals surface area contributed by atoms with Gasteiger partial charge in [0.05, 0.1) is 6.04 Å². The molecule has 1 fully saturated rings. The molecule has 1 aromatic carbocycles. The van der Waals surface area contributed by atoms with Gasteiger partial charge < -0.3 is 25.1 Å². The van der Waals surface area contributed by atoms with Crippen molar-refractivity contribution >= 4 is 51.5 Å². The first-order valence-electron chi connectivity index (χ1n) is 9.55. The molecule has 0 spiro atoms. The number of anilines is 2. The van der Waals surface area contributed by atoms with Gasteiger partial charge in [0.2, 0.25) is 5.95 Å². The molecule has 0 bridgehead atoms. The minimum Gasteiger partial charge on any atom is -0.465 e. The van der Waals surface area contributed by atoms with Crippen molar-refractivity contribution < 1.29 is 14.3 Å². The van der Waals surface area contributed by atoms with Crippen LogP contribution in [0, 0.1) is 5.41 Å². The molecule has 1 unspecified atom stereocenters. The summed E-state index contributed by atoms with van der Waals surface area (Å²) in [5.41, 5.74) is 7.57. The molecular weight excluding hydrogens is 394 g/mol. The number of fused-ring (bicyclic) bond motifs is 3. The molecule has 1 aliphatic rings. The Kier molecular flexibility index (Phi) is 4.69. The molecule has 2 aromatic heterocycles. The number of furan rings is 1. The predicted molar refractivity (Wildman–Crippen MR) is 114 cm³/mol. The van der Waals surface area contributed by atoms with Crippen LogP contribution in [0.25, 0.3) is 22.1 Å². The molecule has 3 aromatic rings. The topological polar surface area (TPSA) is 109 Å². The number of rotatable bonds is 1. The van der Waals surface area contributed by atoms with Gasteiger partial charge in [-0.2, -0.15) is 4.98 Å². The molecule has 8 nitrogen and oxygen atoms in total. The second kappa shape index (κ2) is 6.95. The average Bonchev–Trinajstić information content (AvgIpc) is 2.84. The molecule has 1 amide bonds. The van der Waals surface area contributed by atoms with Crippen molar-refractivity contribution in [1.29, 1.82) is 0 Å². The lowest BCUT2D eigenvalue weighted by Gasteiger charge is -2.39. The molecule has 9 heteroatoms. The second-order valence-corrected chi connectivity index (χ2v) is 8.92. The van der Waals surface area contributed by atoms with Gasteiger partial charge in [0.15, 0.2) is 11.4 Å². The number of nitrogen functional groups attached to an aromatic ring is 1. The van der Waals surface area contributed by atoms with Crippen molar-refractivity contribution in [3.8, 4) is 0 Å². The summed E-state index contributed by atoms with van der Waals surface area (Å²) in [6, 6.07) is 5.14. The first-order chi connectivity index (χ1) is 13.6. The summed E-state index contributed by atoms with van der Waals surface area (Å²) in [7, 11) is 0. The van der Waals surface area contributed by atoms with E-state index >= 15 is 0 Å². The summed E-state index contributed by atoms with van der Waals surface area (Å²) >= 11 is 6.15. The van der Waals surface area contributed by atoms with Crippen LogP contribution in [-0.4, -0.2) is 51.7 Å². The molecule has 0 saturated carbocycles. The van der Waals surface area contributed by atoms with E-state index in [0.717, 1.165) is 5.39 Å². The summed E-state index contributed by atoms with van der Waals surface area (Å²) in [5.74, 6) is 0.725. The highest BCUT2D eigenvalue weighted by atomic mass is 35.5. The van der Waals surface area contributed by atoms with Gasteiger partial charge in [-0.05, 0) is 30.0 Å². The first-order valence-corrected chi connectivity index (χ1v) is 9.93. The zero-order chi connectivity index (χ0) is 20.9. The summed E-state index contributed by atoms with van der Waals surface area (Å²) in [4.78, 5) is 24.3. The zero-order valence-electron chi connectivity index (χ0n) is 16.6. The number of amides is 1. The van der Waals surface area contributed by atoms with Gasteiger partial charge in [0, 0.05) is 30.0 Å². The number of nitrogens with two attached hydrogens (primary N) is 1. The molecular formula is C20H24ClN5O3. The van der Waals surface area contributed by atoms with Crippen molar-refractivity contribution in [2.24, 2.45) is 5.41 Å². The highest BCUT2D eigenvalue weighted by Gasteiger charge is 2.37. The normalized spacial score (nSPS) is 18.4. The predicted octanol–water partition coefficient (Wildman–Crippen LogP) is 4.22. The van der Waals surface area contributed by atoms with Crippen LogP contribution >= 0.6 is 11.6 Å². The maximum atomic E-state index is 11.9. The van der Waals surface area contributed by atoms with Crippen molar-refractivity contribution in [2.75, 3.05) is 30.3 Å². The number of nitrogens with zero attached hydrogens (tertiary/aromatic N) is 4. The average molecular weight is 418 g/mol. The Bertz CT molecular complexity index is 1090. The highest BCUT2D eigenvalue weighted by molar-refractivity contribution is 6.31. The van der Waals surface area contributed by atoms with Crippen LogP contribution in [0.15, 0.2) is 22.6 Å². The van der Waals surface area contributed by atoms with E-state index in [1.807, 2.05) is 20.8 Å². The van der Waals surface area contributed by atoms with Crippen LogP contribution in [0.5, 0.6) is 0 Å².